The number of aromatic nitrogens is 1. The highest BCUT2D eigenvalue weighted by molar-refractivity contribution is 5.98. The van der Waals surface area contributed by atoms with E-state index >= 15 is 0 Å². The van der Waals surface area contributed by atoms with Crippen molar-refractivity contribution in [2.75, 3.05) is 0 Å². The van der Waals surface area contributed by atoms with Crippen molar-refractivity contribution in [1.29, 1.82) is 0 Å². The quantitative estimate of drug-likeness (QED) is 0.647. The zero-order valence-electron chi connectivity index (χ0n) is 9.34. The van der Waals surface area contributed by atoms with Crippen LogP contribution >= 0.6 is 0 Å². The van der Waals surface area contributed by atoms with Crippen LogP contribution in [0.5, 0.6) is 5.75 Å². The number of Topliss-reactive ketones (excluding diaryl/α,β-unsaturated/α-hetero) is 1. The molecule has 0 spiro atoms. The Hall–Kier alpha value is -2.29. The van der Waals surface area contributed by atoms with Gasteiger partial charge in [0.25, 0.3) is 0 Å². The Morgan fingerprint density at radius 1 is 1.24 bits per heavy atom. The van der Waals surface area contributed by atoms with Gasteiger partial charge in [0.15, 0.2) is 5.78 Å². The zero-order valence-corrected chi connectivity index (χ0v) is 9.34. The summed E-state index contributed by atoms with van der Waals surface area (Å²) in [5.41, 5.74) is 2.26. The number of aromatic hydroxyl groups is 1. The highest BCUT2D eigenvalue weighted by Gasteiger charge is 2.10. The summed E-state index contributed by atoms with van der Waals surface area (Å²) in [5.74, 6) is -0.102. The molecule has 3 nitrogen and oxygen atoms in total. The highest BCUT2D eigenvalue weighted by Crippen LogP contribution is 2.26. The minimum atomic E-state index is -0.137. The second kappa shape index (κ2) is 3.35. The lowest BCUT2D eigenvalue weighted by molar-refractivity contribution is 0.101. The number of pyridine rings is 1. The Labute approximate surface area is 97.9 Å². The summed E-state index contributed by atoms with van der Waals surface area (Å²) in [4.78, 5) is 11.4. The van der Waals surface area contributed by atoms with Crippen LogP contribution in [0.15, 0.2) is 42.6 Å². The lowest BCUT2D eigenvalue weighted by atomic mass is 10.2. The van der Waals surface area contributed by atoms with Gasteiger partial charge in [0.05, 0.1) is 11.1 Å². The Kier molecular flexibility index (Phi) is 1.95. The number of ketones is 1. The van der Waals surface area contributed by atoms with Crippen LogP contribution in [0, 0.1) is 0 Å². The average molecular weight is 225 g/mol. The molecule has 0 saturated heterocycles. The molecule has 17 heavy (non-hydrogen) atoms. The molecule has 3 aromatic rings. The van der Waals surface area contributed by atoms with Gasteiger partial charge in [-0.05, 0) is 19.1 Å². The molecule has 0 radical (unpaired) electrons. The number of benzene rings is 1. The molecule has 0 aliphatic heterocycles. The smallest absolute Gasteiger partial charge is 0.165 e. The number of fused-ring (bicyclic) bond motifs is 3. The summed E-state index contributed by atoms with van der Waals surface area (Å²) in [6.07, 6.45) is 1.69. The standard InChI is InChI=1S/C14H11NO2/c1-9(16)12-8-15-11(7-14(12)17)6-10-4-2-3-5-13(10)15/h2-8,17H,1H3. The van der Waals surface area contributed by atoms with Gasteiger partial charge < -0.3 is 9.51 Å². The summed E-state index contributed by atoms with van der Waals surface area (Å²) in [5, 5.41) is 10.9. The van der Waals surface area contributed by atoms with Crippen LogP contribution in [0.1, 0.15) is 17.3 Å². The number of para-hydroxylation sites is 1. The SMILES string of the molecule is CC(=O)c1cn2c(cc1O)cc1ccccc12. The third kappa shape index (κ3) is 1.40. The first kappa shape index (κ1) is 9.90. The molecule has 0 fully saturated rings. The molecule has 84 valence electrons. The highest BCUT2D eigenvalue weighted by atomic mass is 16.3. The Balaban J connectivity index is 2.47. The van der Waals surface area contributed by atoms with E-state index in [9.17, 15) is 9.90 Å². The van der Waals surface area contributed by atoms with E-state index in [-0.39, 0.29) is 11.5 Å². The molecule has 2 aromatic heterocycles. The van der Waals surface area contributed by atoms with Gasteiger partial charge in [-0.1, -0.05) is 18.2 Å². The van der Waals surface area contributed by atoms with Crippen molar-refractivity contribution in [2.24, 2.45) is 0 Å². The number of nitrogens with zero attached hydrogens (tertiary/aromatic N) is 1. The largest absolute Gasteiger partial charge is 0.507 e. The van der Waals surface area contributed by atoms with Gasteiger partial charge in [-0.2, -0.15) is 0 Å². The molecule has 0 aliphatic carbocycles. The second-order valence-electron chi connectivity index (χ2n) is 4.13. The van der Waals surface area contributed by atoms with E-state index < -0.39 is 0 Å². The average Bonchev–Trinajstić information content (AvgIpc) is 2.64. The van der Waals surface area contributed by atoms with E-state index in [0.29, 0.717) is 5.56 Å². The molecule has 1 N–H and O–H groups in total. The third-order valence-corrected chi connectivity index (χ3v) is 2.98. The van der Waals surface area contributed by atoms with Crippen LogP contribution in [0.2, 0.25) is 0 Å². The van der Waals surface area contributed by atoms with Gasteiger partial charge >= 0.3 is 0 Å². The molecule has 3 rings (SSSR count). The van der Waals surface area contributed by atoms with Gasteiger partial charge in [-0.25, -0.2) is 0 Å². The summed E-state index contributed by atoms with van der Waals surface area (Å²) in [7, 11) is 0. The minimum absolute atomic E-state index is 0.0350. The molecule has 0 atom stereocenters. The van der Waals surface area contributed by atoms with E-state index in [1.807, 2.05) is 34.7 Å². The molecule has 0 saturated carbocycles. The van der Waals surface area contributed by atoms with E-state index in [4.69, 9.17) is 0 Å². The van der Waals surface area contributed by atoms with Gasteiger partial charge in [0.2, 0.25) is 0 Å². The normalized spacial score (nSPS) is 11.1. The van der Waals surface area contributed by atoms with E-state index in [0.717, 1.165) is 16.4 Å². The fraction of sp³-hybridized carbons (Fsp3) is 0.0714. The van der Waals surface area contributed by atoms with E-state index in [2.05, 4.69) is 0 Å². The van der Waals surface area contributed by atoms with Crippen LogP contribution in [-0.2, 0) is 0 Å². The van der Waals surface area contributed by atoms with Crippen LogP contribution in [0.25, 0.3) is 16.4 Å². The molecule has 2 heterocycles. The van der Waals surface area contributed by atoms with Crippen LogP contribution in [0.3, 0.4) is 0 Å². The van der Waals surface area contributed by atoms with Gasteiger partial charge in [0.1, 0.15) is 5.75 Å². The number of carbonyl (C=O) groups excluding carboxylic acids is 1. The first-order chi connectivity index (χ1) is 8.16. The predicted molar refractivity (Wildman–Crippen MR) is 66.6 cm³/mol. The van der Waals surface area contributed by atoms with Gasteiger partial charge in [0, 0.05) is 23.2 Å². The van der Waals surface area contributed by atoms with Crippen molar-refractivity contribution in [2.45, 2.75) is 6.92 Å². The third-order valence-electron chi connectivity index (χ3n) is 2.98. The summed E-state index contributed by atoms with van der Waals surface area (Å²) < 4.78 is 1.92. The maximum Gasteiger partial charge on any atom is 0.165 e. The second-order valence-corrected chi connectivity index (χ2v) is 4.13. The number of hydrogen-bond acceptors (Lipinski definition) is 2. The van der Waals surface area contributed by atoms with Crippen LogP contribution < -0.4 is 0 Å². The van der Waals surface area contributed by atoms with Crippen LogP contribution in [0.4, 0.5) is 0 Å². The molecule has 0 unspecified atom stereocenters. The summed E-state index contributed by atoms with van der Waals surface area (Å²) in [6.45, 7) is 1.45. The molecule has 1 aromatic carbocycles. The lowest BCUT2D eigenvalue weighted by Crippen LogP contribution is -1.96. The molecule has 0 aliphatic rings. The molecule has 0 amide bonds. The monoisotopic (exact) mass is 225 g/mol. The van der Waals surface area contributed by atoms with Crippen molar-refractivity contribution in [3.8, 4) is 5.75 Å². The van der Waals surface area contributed by atoms with Crippen molar-refractivity contribution < 1.29 is 9.90 Å². The topological polar surface area (TPSA) is 41.7 Å². The van der Waals surface area contributed by atoms with Gasteiger partial charge in [-0.15, -0.1) is 0 Å². The predicted octanol–water partition coefficient (Wildman–Crippen LogP) is 3.00. The van der Waals surface area contributed by atoms with Crippen molar-refractivity contribution >= 4 is 22.2 Å². The maximum atomic E-state index is 11.4. The first-order valence-electron chi connectivity index (χ1n) is 5.40. The first-order valence-corrected chi connectivity index (χ1v) is 5.40. The fourth-order valence-corrected chi connectivity index (χ4v) is 2.14. The van der Waals surface area contributed by atoms with Crippen LogP contribution in [-0.4, -0.2) is 15.3 Å². The summed E-state index contributed by atoms with van der Waals surface area (Å²) in [6, 6.07) is 11.5. The summed E-state index contributed by atoms with van der Waals surface area (Å²) >= 11 is 0. The number of hydrogen-bond donors (Lipinski definition) is 1. The van der Waals surface area contributed by atoms with Crippen molar-refractivity contribution in [1.82, 2.24) is 4.40 Å². The van der Waals surface area contributed by atoms with E-state index in [1.165, 1.54) is 6.92 Å². The molecule has 0 bridgehead atoms. The van der Waals surface area contributed by atoms with Crippen molar-refractivity contribution in [3.05, 3.63) is 48.2 Å². The lowest BCUT2D eigenvalue weighted by Gasteiger charge is -2.03. The molecular formula is C14H11NO2. The van der Waals surface area contributed by atoms with Crippen molar-refractivity contribution in [3.63, 3.8) is 0 Å². The minimum Gasteiger partial charge on any atom is -0.507 e. The molecular weight excluding hydrogens is 214 g/mol. The molecule has 3 heteroatoms. The Bertz CT molecular complexity index is 740. The Morgan fingerprint density at radius 3 is 2.76 bits per heavy atom. The zero-order chi connectivity index (χ0) is 12.0. The fourth-order valence-electron chi connectivity index (χ4n) is 2.14. The maximum absolute atomic E-state index is 11.4. The van der Waals surface area contributed by atoms with Gasteiger partial charge in [-0.3, -0.25) is 4.79 Å². The Morgan fingerprint density at radius 2 is 2.00 bits per heavy atom. The van der Waals surface area contributed by atoms with E-state index in [1.54, 1.807) is 12.3 Å². The number of rotatable bonds is 1. The number of carbonyl (C=O) groups is 1.